The molecule has 0 radical (unpaired) electrons. The van der Waals surface area contributed by atoms with E-state index >= 15 is 0 Å². The summed E-state index contributed by atoms with van der Waals surface area (Å²) < 4.78 is 15.7. The third-order valence-corrected chi connectivity index (χ3v) is 4.40. The van der Waals surface area contributed by atoms with E-state index in [-0.39, 0.29) is 11.7 Å². The molecule has 1 aromatic carbocycles. The molecule has 25 heavy (non-hydrogen) atoms. The normalized spacial score (nSPS) is 15.6. The van der Waals surface area contributed by atoms with Gasteiger partial charge < -0.3 is 4.90 Å². The highest BCUT2D eigenvalue weighted by molar-refractivity contribution is 5.93. The van der Waals surface area contributed by atoms with E-state index in [1.165, 1.54) is 6.07 Å². The summed E-state index contributed by atoms with van der Waals surface area (Å²) >= 11 is 0. The first-order chi connectivity index (χ1) is 12.1. The number of carbonyl (C=O) groups is 1. The number of hydrogen-bond acceptors (Lipinski definition) is 4. The lowest BCUT2D eigenvalue weighted by Crippen LogP contribution is -2.35. The predicted molar refractivity (Wildman–Crippen MR) is 90.1 cm³/mol. The van der Waals surface area contributed by atoms with Crippen molar-refractivity contribution in [2.45, 2.75) is 13.0 Å². The number of halogens is 1. The Morgan fingerprint density at radius 1 is 1.32 bits per heavy atom. The second-order valence-electron chi connectivity index (χ2n) is 6.24. The van der Waals surface area contributed by atoms with Crippen LogP contribution in [0.1, 0.15) is 27.9 Å². The quantitative estimate of drug-likeness (QED) is 0.854. The first-order valence-corrected chi connectivity index (χ1v) is 8.25. The number of nitriles is 1. The fourth-order valence-corrected chi connectivity index (χ4v) is 3.03. The molecule has 1 saturated heterocycles. The lowest BCUT2D eigenvalue weighted by molar-refractivity contribution is 0.0761. The maximum atomic E-state index is 14.1. The third kappa shape index (κ3) is 4.03. The summed E-state index contributed by atoms with van der Waals surface area (Å²) in [5, 5.41) is 12.9. The average Bonchev–Trinajstić information content (AvgIpc) is 2.91. The zero-order valence-electron chi connectivity index (χ0n) is 14.2. The first-order valence-electron chi connectivity index (χ1n) is 8.25. The SMILES string of the molecule is Cn1cc(C(=O)N2CCCN(Cc3ccc(C#N)cc3F)CC2)cn1. The van der Waals surface area contributed by atoms with Gasteiger partial charge in [0.1, 0.15) is 5.82 Å². The van der Waals surface area contributed by atoms with Crippen molar-refractivity contribution < 1.29 is 9.18 Å². The molecule has 1 amide bonds. The molecule has 7 heteroatoms. The molecule has 130 valence electrons. The van der Waals surface area contributed by atoms with Crippen LogP contribution in [0.3, 0.4) is 0 Å². The van der Waals surface area contributed by atoms with Crippen LogP contribution in [0.5, 0.6) is 0 Å². The van der Waals surface area contributed by atoms with Gasteiger partial charge in [-0.3, -0.25) is 14.4 Å². The Hall–Kier alpha value is -2.72. The van der Waals surface area contributed by atoms with E-state index in [1.807, 2.05) is 11.0 Å². The third-order valence-electron chi connectivity index (χ3n) is 4.40. The van der Waals surface area contributed by atoms with Crippen LogP contribution in [0.25, 0.3) is 0 Å². The molecule has 2 heterocycles. The van der Waals surface area contributed by atoms with E-state index < -0.39 is 0 Å². The summed E-state index contributed by atoms with van der Waals surface area (Å²) in [5.74, 6) is -0.369. The number of hydrogen-bond donors (Lipinski definition) is 0. The molecule has 0 aliphatic carbocycles. The van der Waals surface area contributed by atoms with Gasteiger partial charge in [0.2, 0.25) is 0 Å². The van der Waals surface area contributed by atoms with Crippen molar-refractivity contribution in [1.29, 1.82) is 5.26 Å². The Bertz CT molecular complexity index is 810. The maximum Gasteiger partial charge on any atom is 0.257 e. The zero-order valence-corrected chi connectivity index (χ0v) is 14.2. The molecule has 2 aromatic rings. The smallest absolute Gasteiger partial charge is 0.257 e. The van der Waals surface area contributed by atoms with Gasteiger partial charge in [-0.25, -0.2) is 4.39 Å². The van der Waals surface area contributed by atoms with Gasteiger partial charge in [-0.2, -0.15) is 10.4 Å². The lowest BCUT2D eigenvalue weighted by Gasteiger charge is -2.22. The molecule has 0 atom stereocenters. The largest absolute Gasteiger partial charge is 0.337 e. The highest BCUT2D eigenvalue weighted by Crippen LogP contribution is 2.15. The molecule has 1 aliphatic rings. The number of carbonyl (C=O) groups excluding carboxylic acids is 1. The molecule has 0 spiro atoms. The van der Waals surface area contributed by atoms with Crippen LogP contribution < -0.4 is 0 Å². The van der Waals surface area contributed by atoms with Gasteiger partial charge >= 0.3 is 0 Å². The summed E-state index contributed by atoms with van der Waals surface area (Å²) in [7, 11) is 1.78. The molecule has 1 aliphatic heterocycles. The summed E-state index contributed by atoms with van der Waals surface area (Å²) in [5.41, 5.74) is 1.49. The molecule has 0 unspecified atom stereocenters. The fraction of sp³-hybridized carbons (Fsp3) is 0.389. The number of nitrogens with zero attached hydrogens (tertiary/aromatic N) is 5. The second kappa shape index (κ2) is 7.45. The molecule has 0 bridgehead atoms. The van der Waals surface area contributed by atoms with Crippen LogP contribution >= 0.6 is 0 Å². The van der Waals surface area contributed by atoms with Gasteiger partial charge in [0.15, 0.2) is 0 Å². The fourth-order valence-electron chi connectivity index (χ4n) is 3.03. The minimum absolute atomic E-state index is 0.0143. The number of aryl methyl sites for hydroxylation is 1. The van der Waals surface area contributed by atoms with Gasteiger partial charge in [0.25, 0.3) is 5.91 Å². The maximum absolute atomic E-state index is 14.1. The van der Waals surface area contributed by atoms with Gasteiger partial charge in [0, 0.05) is 51.5 Å². The van der Waals surface area contributed by atoms with Gasteiger partial charge in [-0.05, 0) is 18.6 Å². The lowest BCUT2D eigenvalue weighted by atomic mass is 10.1. The molecule has 0 saturated carbocycles. The number of rotatable bonds is 3. The van der Waals surface area contributed by atoms with Crippen LogP contribution in [-0.4, -0.2) is 51.7 Å². The molecular weight excluding hydrogens is 321 g/mol. The predicted octanol–water partition coefficient (Wildman–Crippen LogP) is 1.78. The Labute approximate surface area is 146 Å². The Balaban J connectivity index is 1.62. The van der Waals surface area contributed by atoms with Crippen LogP contribution in [0.15, 0.2) is 30.6 Å². The Kier molecular flexibility index (Phi) is 5.10. The van der Waals surface area contributed by atoms with E-state index in [4.69, 9.17) is 5.26 Å². The van der Waals surface area contributed by atoms with Crippen LogP contribution in [0.2, 0.25) is 0 Å². The van der Waals surface area contributed by atoms with E-state index in [0.717, 1.165) is 13.0 Å². The van der Waals surface area contributed by atoms with E-state index in [0.29, 0.717) is 42.9 Å². The van der Waals surface area contributed by atoms with Crippen molar-refractivity contribution >= 4 is 5.91 Å². The first kappa shape index (κ1) is 17.1. The topological polar surface area (TPSA) is 65.2 Å². The Morgan fingerprint density at radius 3 is 2.84 bits per heavy atom. The summed E-state index contributed by atoms with van der Waals surface area (Å²) in [6.07, 6.45) is 4.14. The van der Waals surface area contributed by atoms with E-state index in [9.17, 15) is 9.18 Å². The summed E-state index contributed by atoms with van der Waals surface area (Å²) in [6, 6.07) is 6.51. The van der Waals surface area contributed by atoms with Crippen molar-refractivity contribution in [3.63, 3.8) is 0 Å². The number of amides is 1. The van der Waals surface area contributed by atoms with Crippen molar-refractivity contribution in [2.75, 3.05) is 26.2 Å². The van der Waals surface area contributed by atoms with E-state index in [1.54, 1.807) is 36.3 Å². The summed E-state index contributed by atoms with van der Waals surface area (Å²) in [4.78, 5) is 16.5. The average molecular weight is 341 g/mol. The minimum Gasteiger partial charge on any atom is -0.337 e. The van der Waals surface area contributed by atoms with E-state index in [2.05, 4.69) is 10.00 Å². The molecule has 1 fully saturated rings. The van der Waals surface area contributed by atoms with Gasteiger partial charge in [0.05, 0.1) is 23.4 Å². The highest BCUT2D eigenvalue weighted by Gasteiger charge is 2.21. The zero-order chi connectivity index (χ0) is 17.8. The van der Waals surface area contributed by atoms with Gasteiger partial charge in [-0.1, -0.05) is 6.07 Å². The highest BCUT2D eigenvalue weighted by atomic mass is 19.1. The molecule has 6 nitrogen and oxygen atoms in total. The van der Waals surface area contributed by atoms with Crippen LogP contribution in [0, 0.1) is 17.1 Å². The van der Waals surface area contributed by atoms with Crippen molar-refractivity contribution in [3.8, 4) is 6.07 Å². The summed E-state index contributed by atoms with van der Waals surface area (Å²) in [6.45, 7) is 3.25. The van der Waals surface area contributed by atoms with Crippen molar-refractivity contribution in [1.82, 2.24) is 19.6 Å². The van der Waals surface area contributed by atoms with Crippen molar-refractivity contribution in [2.24, 2.45) is 7.05 Å². The molecule has 3 rings (SSSR count). The van der Waals surface area contributed by atoms with Crippen LogP contribution in [-0.2, 0) is 13.6 Å². The molecule has 1 aromatic heterocycles. The molecule has 0 N–H and O–H groups in total. The monoisotopic (exact) mass is 341 g/mol. The standard InChI is InChI=1S/C18H20FN5O/c1-22-12-16(11-21-22)18(25)24-6-2-5-23(7-8-24)13-15-4-3-14(10-20)9-17(15)19/h3-4,9,11-12H,2,5-8,13H2,1H3. The van der Waals surface area contributed by atoms with Crippen molar-refractivity contribution in [3.05, 3.63) is 53.1 Å². The Morgan fingerprint density at radius 2 is 2.16 bits per heavy atom. The number of aromatic nitrogens is 2. The van der Waals surface area contributed by atoms with Crippen LogP contribution in [0.4, 0.5) is 4.39 Å². The second-order valence-corrected chi connectivity index (χ2v) is 6.24. The number of benzene rings is 1. The minimum atomic E-state index is -0.355. The molecular formula is C18H20FN5O. The van der Waals surface area contributed by atoms with Gasteiger partial charge in [-0.15, -0.1) is 0 Å².